The molecule has 1 rings (SSSR count). The minimum atomic E-state index is -1.15. The summed E-state index contributed by atoms with van der Waals surface area (Å²) in [6, 6.07) is 2.88. The topological polar surface area (TPSA) is 66.4 Å². The van der Waals surface area contributed by atoms with E-state index in [4.69, 9.17) is 16.7 Å². The van der Waals surface area contributed by atoms with Crippen LogP contribution in [0.5, 0.6) is 0 Å². The zero-order valence-corrected chi connectivity index (χ0v) is 10.0. The van der Waals surface area contributed by atoms with Crippen LogP contribution in [0.15, 0.2) is 16.6 Å². The van der Waals surface area contributed by atoms with Gasteiger partial charge in [0, 0.05) is 11.4 Å². The van der Waals surface area contributed by atoms with Crippen molar-refractivity contribution in [2.24, 2.45) is 0 Å². The van der Waals surface area contributed by atoms with Gasteiger partial charge >= 0.3 is 5.97 Å². The van der Waals surface area contributed by atoms with Crippen molar-refractivity contribution in [3.05, 3.63) is 27.2 Å². The summed E-state index contributed by atoms with van der Waals surface area (Å²) in [6.07, 6.45) is 0. The highest BCUT2D eigenvalue weighted by molar-refractivity contribution is 9.10. The number of amides is 1. The molecule has 0 fully saturated rings. The number of carbonyl (C=O) groups excluding carboxylic acids is 1. The van der Waals surface area contributed by atoms with E-state index in [0.717, 1.165) is 0 Å². The van der Waals surface area contributed by atoms with E-state index in [1.165, 1.54) is 19.1 Å². The summed E-state index contributed by atoms with van der Waals surface area (Å²) < 4.78 is 0.526. The molecule has 2 N–H and O–H groups in total. The highest BCUT2D eigenvalue weighted by atomic mass is 79.9. The molecule has 0 aliphatic rings. The fourth-order valence-corrected chi connectivity index (χ4v) is 1.57. The smallest absolute Gasteiger partial charge is 0.337 e. The second-order valence-electron chi connectivity index (χ2n) is 2.77. The van der Waals surface area contributed by atoms with E-state index in [1.54, 1.807) is 0 Å². The van der Waals surface area contributed by atoms with Gasteiger partial charge in [-0.1, -0.05) is 11.6 Å². The normalized spacial score (nSPS) is 9.80. The fraction of sp³-hybridized carbons (Fsp3) is 0.111. The number of anilines is 1. The Hall–Kier alpha value is -1.07. The monoisotopic (exact) mass is 291 g/mol. The van der Waals surface area contributed by atoms with Gasteiger partial charge in [-0.3, -0.25) is 4.79 Å². The Morgan fingerprint density at radius 3 is 2.53 bits per heavy atom. The van der Waals surface area contributed by atoms with Crippen LogP contribution in [-0.4, -0.2) is 17.0 Å². The van der Waals surface area contributed by atoms with Gasteiger partial charge in [0.1, 0.15) is 0 Å². The predicted molar refractivity (Wildman–Crippen MR) is 60.4 cm³/mol. The van der Waals surface area contributed by atoms with Crippen LogP contribution in [0.3, 0.4) is 0 Å². The van der Waals surface area contributed by atoms with Crippen molar-refractivity contribution in [2.45, 2.75) is 6.92 Å². The Morgan fingerprint density at radius 1 is 1.47 bits per heavy atom. The molecule has 0 heterocycles. The standard InChI is InChI=1S/C9H7BrClNO3/c1-4(13)12-8-5(9(14)15)2-3-6(10)7(8)11/h2-3H,1H3,(H,12,13)(H,14,15). The number of hydrogen-bond acceptors (Lipinski definition) is 2. The quantitative estimate of drug-likeness (QED) is 0.881. The van der Waals surface area contributed by atoms with Crippen LogP contribution < -0.4 is 5.32 Å². The number of rotatable bonds is 2. The Bertz CT molecular complexity index is 434. The third-order valence-corrected chi connectivity index (χ3v) is 2.91. The molecule has 0 atom stereocenters. The number of nitrogens with one attached hydrogen (secondary N) is 1. The molecule has 0 aliphatic heterocycles. The Labute approximate surface area is 99.4 Å². The molecule has 1 aromatic rings. The Morgan fingerprint density at radius 2 is 2.07 bits per heavy atom. The molecular formula is C9H7BrClNO3. The van der Waals surface area contributed by atoms with Crippen molar-refractivity contribution in [3.8, 4) is 0 Å². The summed E-state index contributed by atoms with van der Waals surface area (Å²) in [5, 5.41) is 11.4. The van der Waals surface area contributed by atoms with E-state index >= 15 is 0 Å². The Kier molecular flexibility index (Phi) is 3.71. The van der Waals surface area contributed by atoms with Crippen LogP contribution in [0, 0.1) is 0 Å². The summed E-state index contributed by atoms with van der Waals surface area (Å²) in [7, 11) is 0. The van der Waals surface area contributed by atoms with E-state index in [9.17, 15) is 9.59 Å². The number of carboxylic acid groups (broad SMARTS) is 1. The summed E-state index contributed by atoms with van der Waals surface area (Å²) >= 11 is 9.00. The summed E-state index contributed by atoms with van der Waals surface area (Å²) in [6.45, 7) is 1.28. The van der Waals surface area contributed by atoms with Gasteiger partial charge in [0.2, 0.25) is 5.91 Å². The van der Waals surface area contributed by atoms with Gasteiger partial charge in [-0.15, -0.1) is 0 Å². The summed E-state index contributed by atoms with van der Waals surface area (Å²) in [5.41, 5.74) is 0.0597. The van der Waals surface area contributed by atoms with Gasteiger partial charge in [-0.05, 0) is 28.1 Å². The number of carboxylic acids is 1. The molecular weight excluding hydrogens is 285 g/mol. The number of carbonyl (C=O) groups is 2. The maximum atomic E-state index is 10.9. The van der Waals surface area contributed by atoms with Crippen molar-refractivity contribution < 1.29 is 14.7 Å². The van der Waals surface area contributed by atoms with Crippen molar-refractivity contribution >= 4 is 45.1 Å². The lowest BCUT2D eigenvalue weighted by atomic mass is 10.2. The van der Waals surface area contributed by atoms with Gasteiger partial charge in [-0.25, -0.2) is 4.79 Å². The highest BCUT2D eigenvalue weighted by Crippen LogP contribution is 2.33. The van der Waals surface area contributed by atoms with E-state index in [-0.39, 0.29) is 22.2 Å². The molecule has 0 saturated carbocycles. The van der Waals surface area contributed by atoms with E-state index < -0.39 is 5.97 Å². The molecule has 1 amide bonds. The van der Waals surface area contributed by atoms with Crippen molar-refractivity contribution in [1.82, 2.24) is 0 Å². The summed E-state index contributed by atoms with van der Waals surface area (Å²) in [4.78, 5) is 21.7. The number of halogens is 2. The highest BCUT2D eigenvalue weighted by Gasteiger charge is 2.16. The van der Waals surface area contributed by atoms with Gasteiger partial charge in [0.05, 0.1) is 16.3 Å². The molecule has 6 heteroatoms. The molecule has 0 unspecified atom stereocenters. The van der Waals surface area contributed by atoms with Gasteiger partial charge < -0.3 is 10.4 Å². The molecule has 0 spiro atoms. The molecule has 0 bridgehead atoms. The lowest BCUT2D eigenvalue weighted by Gasteiger charge is -2.09. The van der Waals surface area contributed by atoms with Crippen LogP contribution in [0.4, 0.5) is 5.69 Å². The minimum absolute atomic E-state index is 0.0431. The van der Waals surface area contributed by atoms with Gasteiger partial charge in [0.15, 0.2) is 0 Å². The van der Waals surface area contributed by atoms with Crippen molar-refractivity contribution in [2.75, 3.05) is 5.32 Å². The molecule has 1 aromatic carbocycles. The third-order valence-electron chi connectivity index (χ3n) is 1.63. The van der Waals surface area contributed by atoms with Crippen molar-refractivity contribution in [3.63, 3.8) is 0 Å². The second-order valence-corrected chi connectivity index (χ2v) is 4.00. The molecule has 0 saturated heterocycles. The maximum absolute atomic E-state index is 10.9. The Balaban J connectivity index is 3.34. The SMILES string of the molecule is CC(=O)Nc1c(C(=O)O)ccc(Br)c1Cl. The fourth-order valence-electron chi connectivity index (χ4n) is 1.03. The van der Waals surface area contributed by atoms with Crippen molar-refractivity contribution in [1.29, 1.82) is 0 Å². The molecule has 4 nitrogen and oxygen atoms in total. The van der Waals surface area contributed by atoms with Crippen LogP contribution in [0.25, 0.3) is 0 Å². The second kappa shape index (κ2) is 4.63. The lowest BCUT2D eigenvalue weighted by Crippen LogP contribution is -2.11. The lowest BCUT2D eigenvalue weighted by molar-refractivity contribution is -0.114. The first-order valence-corrected chi connectivity index (χ1v) is 5.09. The van der Waals surface area contributed by atoms with Crippen LogP contribution in [0.2, 0.25) is 5.02 Å². The van der Waals surface area contributed by atoms with Gasteiger partial charge in [0.25, 0.3) is 0 Å². The first-order valence-electron chi connectivity index (χ1n) is 3.92. The summed E-state index contributed by atoms with van der Waals surface area (Å²) in [5.74, 6) is -1.52. The molecule has 0 aliphatic carbocycles. The van der Waals surface area contributed by atoms with Crippen LogP contribution >= 0.6 is 27.5 Å². The molecule has 80 valence electrons. The largest absolute Gasteiger partial charge is 0.478 e. The maximum Gasteiger partial charge on any atom is 0.337 e. The first-order chi connectivity index (χ1) is 6.93. The molecule has 0 aromatic heterocycles. The van der Waals surface area contributed by atoms with E-state index in [2.05, 4.69) is 21.2 Å². The molecule has 0 radical (unpaired) electrons. The predicted octanol–water partition coefficient (Wildman–Crippen LogP) is 2.76. The van der Waals surface area contributed by atoms with Crippen LogP contribution in [0.1, 0.15) is 17.3 Å². The minimum Gasteiger partial charge on any atom is -0.478 e. The molecule has 15 heavy (non-hydrogen) atoms. The van der Waals surface area contributed by atoms with E-state index in [0.29, 0.717) is 4.47 Å². The number of hydrogen-bond donors (Lipinski definition) is 2. The average Bonchev–Trinajstić information content (AvgIpc) is 2.12. The average molecular weight is 293 g/mol. The zero-order valence-electron chi connectivity index (χ0n) is 7.67. The van der Waals surface area contributed by atoms with Crippen LogP contribution in [-0.2, 0) is 4.79 Å². The zero-order chi connectivity index (χ0) is 11.6. The van der Waals surface area contributed by atoms with E-state index in [1.807, 2.05) is 0 Å². The number of aromatic carboxylic acids is 1. The van der Waals surface area contributed by atoms with Gasteiger partial charge in [-0.2, -0.15) is 0 Å². The number of benzene rings is 1. The first kappa shape index (κ1) is 12.0. The third kappa shape index (κ3) is 2.70.